The molecule has 1 saturated carbocycles. The fourth-order valence-corrected chi connectivity index (χ4v) is 3.81. The number of aryl methyl sites for hydroxylation is 1. The highest BCUT2D eigenvalue weighted by Crippen LogP contribution is 2.37. The molecule has 0 N–H and O–H groups in total. The molecule has 1 nitrogen and oxygen atoms in total. The first-order valence-corrected chi connectivity index (χ1v) is 7.63. The van der Waals surface area contributed by atoms with Gasteiger partial charge in [-0.05, 0) is 49.7 Å². The lowest BCUT2D eigenvalue weighted by atomic mass is 9.89. The minimum atomic E-state index is 0.336. The molecule has 2 heteroatoms. The number of rotatable bonds is 2. The van der Waals surface area contributed by atoms with Gasteiger partial charge in [0, 0.05) is 4.83 Å². The molecule has 3 unspecified atom stereocenters. The van der Waals surface area contributed by atoms with E-state index < -0.39 is 0 Å². The maximum Gasteiger partial charge on any atom is 0.0832 e. The van der Waals surface area contributed by atoms with Crippen molar-refractivity contribution in [1.29, 1.82) is 0 Å². The fraction of sp³-hybridized carbons (Fsp3) is 0.600. The predicted octanol–water partition coefficient (Wildman–Crippen LogP) is 4.40. The van der Waals surface area contributed by atoms with E-state index in [-0.39, 0.29) is 0 Å². The molecule has 0 saturated heterocycles. The number of ether oxygens (including phenoxy) is 1. The molecule has 1 aromatic rings. The van der Waals surface area contributed by atoms with Crippen molar-refractivity contribution in [3.05, 3.63) is 35.4 Å². The van der Waals surface area contributed by atoms with Crippen LogP contribution >= 0.6 is 15.9 Å². The number of halogens is 1. The monoisotopic (exact) mass is 294 g/mol. The Labute approximate surface area is 112 Å². The Morgan fingerprint density at radius 3 is 2.76 bits per heavy atom. The van der Waals surface area contributed by atoms with Crippen molar-refractivity contribution in [2.24, 2.45) is 0 Å². The van der Waals surface area contributed by atoms with E-state index in [1.165, 1.54) is 49.7 Å². The second-order valence-electron chi connectivity index (χ2n) is 5.20. The second-order valence-corrected chi connectivity index (χ2v) is 6.38. The average molecular weight is 295 g/mol. The zero-order valence-electron chi connectivity index (χ0n) is 10.1. The van der Waals surface area contributed by atoms with Gasteiger partial charge in [0.2, 0.25) is 0 Å². The lowest BCUT2D eigenvalue weighted by molar-refractivity contribution is -0.0148. The van der Waals surface area contributed by atoms with E-state index in [0.717, 1.165) is 0 Å². The second kappa shape index (κ2) is 5.11. The molecule has 3 rings (SSSR count). The van der Waals surface area contributed by atoms with Crippen LogP contribution in [0.5, 0.6) is 0 Å². The van der Waals surface area contributed by atoms with Gasteiger partial charge in [0.15, 0.2) is 0 Å². The van der Waals surface area contributed by atoms with E-state index in [9.17, 15) is 0 Å². The zero-order valence-corrected chi connectivity index (χ0v) is 11.7. The van der Waals surface area contributed by atoms with E-state index in [4.69, 9.17) is 4.74 Å². The van der Waals surface area contributed by atoms with E-state index >= 15 is 0 Å². The average Bonchev–Trinajstić information content (AvgIpc) is 2.76. The topological polar surface area (TPSA) is 9.23 Å². The summed E-state index contributed by atoms with van der Waals surface area (Å²) in [5.41, 5.74) is 2.93. The summed E-state index contributed by atoms with van der Waals surface area (Å²) >= 11 is 3.75. The molecule has 3 atom stereocenters. The van der Waals surface area contributed by atoms with Gasteiger partial charge >= 0.3 is 0 Å². The van der Waals surface area contributed by atoms with E-state index in [0.29, 0.717) is 17.0 Å². The molecule has 0 heterocycles. The molecular weight excluding hydrogens is 276 g/mol. The number of benzene rings is 1. The first-order chi connectivity index (χ1) is 8.34. The van der Waals surface area contributed by atoms with Crippen LogP contribution < -0.4 is 0 Å². The molecule has 0 aromatic heterocycles. The molecule has 0 amide bonds. The smallest absolute Gasteiger partial charge is 0.0832 e. The maximum atomic E-state index is 6.34. The Kier molecular flexibility index (Phi) is 3.53. The van der Waals surface area contributed by atoms with Crippen LogP contribution in [0.3, 0.4) is 0 Å². The summed E-state index contributed by atoms with van der Waals surface area (Å²) < 4.78 is 6.34. The third-order valence-electron chi connectivity index (χ3n) is 4.03. The van der Waals surface area contributed by atoms with Gasteiger partial charge in [-0.3, -0.25) is 0 Å². The quantitative estimate of drug-likeness (QED) is 0.735. The molecule has 1 aromatic carbocycles. The van der Waals surface area contributed by atoms with Gasteiger partial charge in [0.25, 0.3) is 0 Å². The first kappa shape index (κ1) is 11.7. The van der Waals surface area contributed by atoms with Crippen molar-refractivity contribution < 1.29 is 4.74 Å². The summed E-state index contributed by atoms with van der Waals surface area (Å²) in [6.45, 7) is 0. The molecule has 2 aliphatic rings. The summed E-state index contributed by atoms with van der Waals surface area (Å²) in [5, 5.41) is 0. The van der Waals surface area contributed by atoms with Crippen molar-refractivity contribution in [2.75, 3.05) is 0 Å². The van der Waals surface area contributed by atoms with Crippen molar-refractivity contribution in [3.8, 4) is 0 Å². The molecule has 2 aliphatic carbocycles. The molecule has 92 valence electrons. The lowest BCUT2D eigenvalue weighted by Gasteiger charge is -2.29. The van der Waals surface area contributed by atoms with Crippen LogP contribution in [0.4, 0.5) is 0 Å². The molecule has 17 heavy (non-hydrogen) atoms. The van der Waals surface area contributed by atoms with Crippen LogP contribution in [0.2, 0.25) is 0 Å². The van der Waals surface area contributed by atoms with E-state index in [1.54, 1.807) is 0 Å². The summed E-state index contributed by atoms with van der Waals surface area (Å²) in [7, 11) is 0. The standard InChI is InChI=1S/C15H19BrO/c16-13-8-4-10-15(13)17-14-9-3-6-11-5-1-2-7-12(11)14/h1-2,5,7,13-15H,3-4,6,8-10H2. The third kappa shape index (κ3) is 2.43. The van der Waals surface area contributed by atoms with Crippen LogP contribution in [0.25, 0.3) is 0 Å². The number of alkyl halides is 1. The first-order valence-electron chi connectivity index (χ1n) is 6.72. The van der Waals surface area contributed by atoms with Crippen molar-refractivity contribution >= 4 is 15.9 Å². The van der Waals surface area contributed by atoms with Gasteiger partial charge < -0.3 is 4.74 Å². The van der Waals surface area contributed by atoms with E-state index in [1.807, 2.05) is 0 Å². The SMILES string of the molecule is BrC1CCCC1OC1CCCc2ccccc21. The molecular formula is C15H19BrO. The number of hydrogen-bond donors (Lipinski definition) is 0. The Morgan fingerprint density at radius 2 is 1.94 bits per heavy atom. The summed E-state index contributed by atoms with van der Waals surface area (Å²) in [4.78, 5) is 0.566. The van der Waals surface area contributed by atoms with Crippen LogP contribution in [0, 0.1) is 0 Å². The lowest BCUT2D eigenvalue weighted by Crippen LogP contribution is -2.23. The molecule has 0 aliphatic heterocycles. The third-order valence-corrected chi connectivity index (χ3v) is 5.07. The van der Waals surface area contributed by atoms with Gasteiger partial charge in [-0.1, -0.05) is 40.2 Å². The minimum Gasteiger partial charge on any atom is -0.369 e. The fourth-order valence-electron chi connectivity index (χ4n) is 3.10. The Balaban J connectivity index is 1.76. The van der Waals surface area contributed by atoms with Crippen molar-refractivity contribution in [1.82, 2.24) is 0 Å². The highest BCUT2D eigenvalue weighted by molar-refractivity contribution is 9.09. The Bertz CT molecular complexity index is 390. The molecule has 0 bridgehead atoms. The predicted molar refractivity (Wildman–Crippen MR) is 73.6 cm³/mol. The van der Waals surface area contributed by atoms with Crippen molar-refractivity contribution in [2.45, 2.75) is 55.6 Å². The Morgan fingerprint density at radius 1 is 1.06 bits per heavy atom. The van der Waals surface area contributed by atoms with Gasteiger partial charge in [-0.2, -0.15) is 0 Å². The minimum absolute atomic E-state index is 0.336. The molecule has 0 radical (unpaired) electrons. The van der Waals surface area contributed by atoms with Crippen LogP contribution in [-0.2, 0) is 11.2 Å². The molecule has 1 fully saturated rings. The van der Waals surface area contributed by atoms with E-state index in [2.05, 4.69) is 40.2 Å². The highest BCUT2D eigenvalue weighted by atomic mass is 79.9. The maximum absolute atomic E-state index is 6.34. The summed E-state index contributed by atoms with van der Waals surface area (Å²) in [5.74, 6) is 0. The van der Waals surface area contributed by atoms with Gasteiger partial charge in [-0.15, -0.1) is 0 Å². The van der Waals surface area contributed by atoms with Gasteiger partial charge in [0.05, 0.1) is 12.2 Å². The van der Waals surface area contributed by atoms with Crippen LogP contribution in [0.15, 0.2) is 24.3 Å². The van der Waals surface area contributed by atoms with Gasteiger partial charge in [0.1, 0.15) is 0 Å². The number of fused-ring (bicyclic) bond motifs is 1. The van der Waals surface area contributed by atoms with Crippen LogP contribution in [-0.4, -0.2) is 10.9 Å². The van der Waals surface area contributed by atoms with Crippen LogP contribution in [0.1, 0.15) is 49.3 Å². The summed E-state index contributed by atoms with van der Waals surface area (Å²) in [6.07, 6.45) is 8.21. The summed E-state index contributed by atoms with van der Waals surface area (Å²) in [6, 6.07) is 8.79. The number of hydrogen-bond acceptors (Lipinski definition) is 1. The van der Waals surface area contributed by atoms with Gasteiger partial charge in [-0.25, -0.2) is 0 Å². The zero-order chi connectivity index (χ0) is 11.7. The Hall–Kier alpha value is -0.340. The molecule has 0 spiro atoms. The normalized spacial score (nSPS) is 32.4. The highest BCUT2D eigenvalue weighted by Gasteiger charge is 2.30. The largest absolute Gasteiger partial charge is 0.369 e. The van der Waals surface area contributed by atoms with Crippen molar-refractivity contribution in [3.63, 3.8) is 0 Å².